The van der Waals surface area contributed by atoms with Crippen molar-refractivity contribution in [2.75, 3.05) is 18.8 Å². The van der Waals surface area contributed by atoms with Gasteiger partial charge in [0.05, 0.1) is 20.9 Å². The molecule has 31 heavy (non-hydrogen) atoms. The Morgan fingerprint density at radius 1 is 1.29 bits per heavy atom. The number of hydrogen-bond acceptors (Lipinski definition) is 8. The van der Waals surface area contributed by atoms with Gasteiger partial charge in [-0.3, -0.25) is 24.3 Å². The Bertz CT molecular complexity index is 1180. The van der Waals surface area contributed by atoms with Gasteiger partial charge in [0.1, 0.15) is 0 Å². The average Bonchev–Trinajstić information content (AvgIpc) is 3.28. The summed E-state index contributed by atoms with van der Waals surface area (Å²) in [5.74, 6) is -0.369. The highest BCUT2D eigenvalue weighted by Gasteiger charge is 2.34. The third kappa shape index (κ3) is 5.45. The Balaban J connectivity index is 1.25. The maximum absolute atomic E-state index is 12.5. The number of carbonyl (C=O) groups excluding carboxylic acids is 3. The van der Waals surface area contributed by atoms with Crippen molar-refractivity contribution < 1.29 is 14.4 Å². The number of carbonyl (C=O) groups is 3. The van der Waals surface area contributed by atoms with Crippen LogP contribution in [0.2, 0.25) is 5.02 Å². The Kier molecular flexibility index (Phi) is 6.91. The molecule has 2 aromatic heterocycles. The summed E-state index contributed by atoms with van der Waals surface area (Å²) >= 11 is 9.68. The van der Waals surface area contributed by atoms with Crippen LogP contribution in [0.25, 0.3) is 16.3 Å². The number of benzene rings is 1. The van der Waals surface area contributed by atoms with Gasteiger partial charge in [0.15, 0.2) is 4.34 Å². The first-order chi connectivity index (χ1) is 15.0. The highest BCUT2D eigenvalue weighted by atomic mass is 35.5. The van der Waals surface area contributed by atoms with E-state index < -0.39 is 0 Å². The molecule has 1 aromatic carbocycles. The quantitative estimate of drug-likeness (QED) is 0.390. The van der Waals surface area contributed by atoms with Crippen LogP contribution in [0, 0.1) is 0 Å². The number of hydrogen-bond donors (Lipinski definition) is 1. The number of fused-ring (bicyclic) bond motifs is 1. The lowest BCUT2D eigenvalue weighted by atomic mass is 10.2. The predicted molar refractivity (Wildman–Crippen MR) is 125 cm³/mol. The van der Waals surface area contributed by atoms with Gasteiger partial charge in [-0.2, -0.15) is 0 Å². The summed E-state index contributed by atoms with van der Waals surface area (Å²) in [4.78, 5) is 46.7. The van der Waals surface area contributed by atoms with Crippen molar-refractivity contribution in [1.29, 1.82) is 0 Å². The first kappa shape index (κ1) is 21.8. The second-order valence-corrected chi connectivity index (χ2v) is 10.0. The molecule has 0 aliphatic carbocycles. The number of aromatic nitrogens is 2. The molecule has 11 heteroatoms. The first-order valence-electron chi connectivity index (χ1n) is 9.10. The van der Waals surface area contributed by atoms with Gasteiger partial charge < -0.3 is 5.32 Å². The van der Waals surface area contributed by atoms with E-state index in [2.05, 4.69) is 15.3 Å². The fraction of sp³-hybridized carbons (Fsp3) is 0.150. The Labute approximate surface area is 195 Å². The molecular formula is C20H15ClN4O3S3. The zero-order valence-electron chi connectivity index (χ0n) is 15.9. The smallest absolute Gasteiger partial charge is 0.293 e. The number of halogens is 1. The fourth-order valence-electron chi connectivity index (χ4n) is 2.73. The lowest BCUT2D eigenvalue weighted by Gasteiger charge is -2.12. The molecule has 0 bridgehead atoms. The van der Waals surface area contributed by atoms with E-state index in [1.807, 2.05) is 6.07 Å². The molecule has 158 valence electrons. The molecule has 1 aliphatic rings. The summed E-state index contributed by atoms with van der Waals surface area (Å²) in [6, 6.07) is 9.06. The van der Waals surface area contributed by atoms with Gasteiger partial charge in [-0.15, -0.1) is 11.3 Å². The van der Waals surface area contributed by atoms with Crippen LogP contribution in [0.3, 0.4) is 0 Å². The summed E-state index contributed by atoms with van der Waals surface area (Å²) in [7, 11) is 0. The van der Waals surface area contributed by atoms with E-state index in [-0.39, 0.29) is 35.9 Å². The number of imide groups is 1. The molecule has 0 atom stereocenters. The van der Waals surface area contributed by atoms with Crippen LogP contribution < -0.4 is 5.32 Å². The molecule has 7 nitrogen and oxygen atoms in total. The number of thiazole rings is 1. The van der Waals surface area contributed by atoms with Crippen LogP contribution in [0.1, 0.15) is 5.56 Å². The summed E-state index contributed by atoms with van der Waals surface area (Å²) < 4.78 is 1.78. The van der Waals surface area contributed by atoms with Crippen molar-refractivity contribution in [2.24, 2.45) is 0 Å². The molecule has 1 aliphatic heterocycles. The van der Waals surface area contributed by atoms with Crippen molar-refractivity contribution >= 4 is 79.8 Å². The normalized spacial score (nSPS) is 15.3. The van der Waals surface area contributed by atoms with Crippen LogP contribution in [0.15, 0.2) is 52.0 Å². The standard InChI is InChI=1S/C20H15ClN4O3S3/c21-13-3-4-15-14(9-13)24-19(30-15)29-11-17(26)23-6-7-25-18(27)16(31-20(25)28)8-12-2-1-5-22-10-12/h1-5,8-10H,6-7,11H2,(H,23,26)/b16-8-. The molecule has 1 N–H and O–H groups in total. The monoisotopic (exact) mass is 490 g/mol. The van der Waals surface area contributed by atoms with Crippen molar-refractivity contribution in [3.63, 3.8) is 0 Å². The minimum absolute atomic E-state index is 0.116. The molecule has 0 radical (unpaired) electrons. The van der Waals surface area contributed by atoms with Gasteiger partial charge in [-0.1, -0.05) is 29.4 Å². The Morgan fingerprint density at radius 2 is 2.16 bits per heavy atom. The summed E-state index contributed by atoms with van der Waals surface area (Å²) in [5, 5.41) is 3.01. The number of amides is 3. The number of pyridine rings is 1. The van der Waals surface area contributed by atoms with Crippen molar-refractivity contribution in [3.8, 4) is 0 Å². The topological polar surface area (TPSA) is 92.3 Å². The summed E-state index contributed by atoms with van der Waals surface area (Å²) in [6.45, 7) is 0.304. The predicted octanol–water partition coefficient (Wildman–Crippen LogP) is 4.29. The van der Waals surface area contributed by atoms with Gasteiger partial charge in [-0.25, -0.2) is 4.98 Å². The van der Waals surface area contributed by atoms with Crippen LogP contribution in [-0.4, -0.2) is 50.8 Å². The molecule has 0 unspecified atom stereocenters. The molecule has 1 fully saturated rings. The van der Waals surface area contributed by atoms with Gasteiger partial charge >= 0.3 is 0 Å². The van der Waals surface area contributed by atoms with E-state index in [1.54, 1.807) is 42.7 Å². The molecule has 3 heterocycles. The fourth-order valence-corrected chi connectivity index (χ4v) is 5.64. The second-order valence-electron chi connectivity index (χ2n) is 6.35. The minimum atomic E-state index is -0.365. The van der Waals surface area contributed by atoms with Crippen LogP contribution in [0.4, 0.5) is 4.79 Å². The maximum Gasteiger partial charge on any atom is 0.293 e. The largest absolute Gasteiger partial charge is 0.354 e. The molecule has 1 saturated heterocycles. The highest BCUT2D eigenvalue weighted by molar-refractivity contribution is 8.18. The number of thioether (sulfide) groups is 2. The van der Waals surface area contributed by atoms with E-state index >= 15 is 0 Å². The third-order valence-corrected chi connectivity index (χ3v) is 7.49. The van der Waals surface area contributed by atoms with E-state index in [0.29, 0.717) is 9.93 Å². The second kappa shape index (κ2) is 9.82. The molecular weight excluding hydrogens is 476 g/mol. The first-order valence-corrected chi connectivity index (χ1v) is 12.1. The molecule has 3 amide bonds. The number of nitrogens with one attached hydrogen (secondary N) is 1. The van der Waals surface area contributed by atoms with Crippen molar-refractivity contribution in [2.45, 2.75) is 4.34 Å². The van der Waals surface area contributed by atoms with E-state index in [0.717, 1.165) is 36.8 Å². The van der Waals surface area contributed by atoms with Crippen molar-refractivity contribution in [3.05, 3.63) is 58.2 Å². The van der Waals surface area contributed by atoms with Gasteiger partial charge in [0, 0.05) is 30.5 Å². The third-order valence-electron chi connectivity index (χ3n) is 4.17. The SMILES string of the molecule is O=C(CSc1nc2cc(Cl)ccc2s1)NCCN1C(=O)S/C(=C\c2cccnc2)C1=O. The number of rotatable bonds is 7. The highest BCUT2D eigenvalue weighted by Crippen LogP contribution is 2.32. The lowest BCUT2D eigenvalue weighted by Crippen LogP contribution is -2.37. The van der Waals surface area contributed by atoms with Gasteiger partial charge in [-0.05, 0) is 47.7 Å². The van der Waals surface area contributed by atoms with Crippen LogP contribution >= 0.6 is 46.5 Å². The van der Waals surface area contributed by atoms with Crippen LogP contribution in [0.5, 0.6) is 0 Å². The molecule has 3 aromatic rings. The number of nitrogens with zero attached hydrogens (tertiary/aromatic N) is 3. The molecule has 0 saturated carbocycles. The lowest BCUT2D eigenvalue weighted by molar-refractivity contribution is -0.123. The maximum atomic E-state index is 12.5. The van der Waals surface area contributed by atoms with Gasteiger partial charge in [0.2, 0.25) is 5.91 Å². The van der Waals surface area contributed by atoms with Gasteiger partial charge in [0.25, 0.3) is 11.1 Å². The Morgan fingerprint density at radius 3 is 2.97 bits per heavy atom. The minimum Gasteiger partial charge on any atom is -0.354 e. The zero-order valence-corrected chi connectivity index (χ0v) is 19.1. The zero-order chi connectivity index (χ0) is 21.8. The molecule has 4 rings (SSSR count). The van der Waals surface area contributed by atoms with E-state index in [4.69, 9.17) is 11.6 Å². The summed E-state index contributed by atoms with van der Waals surface area (Å²) in [5.41, 5.74) is 1.55. The molecule has 0 spiro atoms. The van der Waals surface area contributed by atoms with Crippen LogP contribution in [-0.2, 0) is 9.59 Å². The van der Waals surface area contributed by atoms with E-state index in [1.165, 1.54) is 23.1 Å². The van der Waals surface area contributed by atoms with Crippen molar-refractivity contribution in [1.82, 2.24) is 20.2 Å². The Hall–Kier alpha value is -2.40. The summed E-state index contributed by atoms with van der Waals surface area (Å²) in [6.07, 6.45) is 4.89. The average molecular weight is 491 g/mol. The van der Waals surface area contributed by atoms with E-state index in [9.17, 15) is 14.4 Å².